The summed E-state index contributed by atoms with van der Waals surface area (Å²) in [5.74, 6) is -2.94. The van der Waals surface area contributed by atoms with Crippen molar-refractivity contribution in [2.75, 3.05) is 19.6 Å². The van der Waals surface area contributed by atoms with Gasteiger partial charge in [-0.25, -0.2) is 9.59 Å². The molecule has 1 unspecified atom stereocenters. The van der Waals surface area contributed by atoms with E-state index in [2.05, 4.69) is 16.0 Å². The van der Waals surface area contributed by atoms with Crippen LogP contribution in [-0.4, -0.2) is 77.1 Å². The van der Waals surface area contributed by atoms with Gasteiger partial charge in [0.25, 0.3) is 0 Å². The van der Waals surface area contributed by atoms with Gasteiger partial charge in [0.1, 0.15) is 24.2 Å². The average molecular weight is 443 g/mol. The highest BCUT2D eigenvalue weighted by molar-refractivity contribution is 5.93. The lowest BCUT2D eigenvalue weighted by atomic mass is 9.99. The quantitative estimate of drug-likeness (QED) is 0.399. The summed E-state index contributed by atoms with van der Waals surface area (Å²) < 4.78 is 5.02. The number of likely N-dealkylation sites (tertiary alicyclic amines) is 1. The number of ether oxygens (including phenoxy) is 1. The first kappa shape index (κ1) is 26.2. The Morgan fingerprint density at radius 2 is 1.77 bits per heavy atom. The minimum Gasteiger partial charge on any atom is -0.480 e. The Bertz CT molecular complexity index is 690. The first-order valence-corrected chi connectivity index (χ1v) is 10.4. The van der Waals surface area contributed by atoms with Crippen molar-refractivity contribution >= 4 is 29.8 Å². The summed E-state index contributed by atoms with van der Waals surface area (Å²) in [7, 11) is 0. The van der Waals surface area contributed by atoms with E-state index >= 15 is 0 Å². The first-order valence-electron chi connectivity index (χ1n) is 10.4. The SMILES string of the molecule is CCC(C)[C@H](NC(=O)[C@@H]1CCCN1C(=O)CNC(=O)CNC(=O)OC(C)(C)C)C(=O)O. The number of hydrogen-bond acceptors (Lipinski definition) is 6. The van der Waals surface area contributed by atoms with Crippen LogP contribution < -0.4 is 16.0 Å². The second kappa shape index (κ2) is 11.5. The molecule has 4 amide bonds. The summed E-state index contributed by atoms with van der Waals surface area (Å²) in [5.41, 5.74) is -0.698. The highest BCUT2D eigenvalue weighted by Crippen LogP contribution is 2.18. The molecule has 0 aromatic heterocycles. The number of nitrogens with zero attached hydrogens (tertiary/aromatic N) is 1. The normalized spacial score (nSPS) is 18.0. The van der Waals surface area contributed by atoms with Crippen molar-refractivity contribution in [3.05, 3.63) is 0 Å². The van der Waals surface area contributed by atoms with Crippen LogP contribution in [0.1, 0.15) is 53.9 Å². The number of carbonyl (C=O) groups is 5. The molecule has 0 saturated carbocycles. The van der Waals surface area contributed by atoms with Gasteiger partial charge in [-0.2, -0.15) is 0 Å². The van der Waals surface area contributed by atoms with E-state index in [4.69, 9.17) is 4.74 Å². The van der Waals surface area contributed by atoms with Gasteiger partial charge in [-0.05, 0) is 39.5 Å². The number of rotatable bonds is 9. The zero-order chi connectivity index (χ0) is 23.8. The summed E-state index contributed by atoms with van der Waals surface area (Å²) in [6, 6.07) is -1.82. The lowest BCUT2D eigenvalue weighted by Gasteiger charge is -2.27. The van der Waals surface area contributed by atoms with Crippen molar-refractivity contribution in [2.45, 2.75) is 71.6 Å². The number of alkyl carbamates (subject to hydrolysis) is 1. The number of carboxylic acids is 1. The lowest BCUT2D eigenvalue weighted by molar-refractivity contribution is -0.145. The highest BCUT2D eigenvalue weighted by Gasteiger charge is 2.36. The first-order chi connectivity index (χ1) is 14.4. The van der Waals surface area contributed by atoms with E-state index in [9.17, 15) is 29.1 Å². The maximum atomic E-state index is 12.6. The third kappa shape index (κ3) is 8.81. The second-order valence-corrected chi connectivity index (χ2v) is 8.59. The van der Waals surface area contributed by atoms with Crippen LogP contribution in [0.5, 0.6) is 0 Å². The molecular weight excluding hydrogens is 408 g/mol. The summed E-state index contributed by atoms with van der Waals surface area (Å²) >= 11 is 0. The molecule has 0 aromatic rings. The Kier molecular flexibility index (Phi) is 9.73. The van der Waals surface area contributed by atoms with E-state index in [1.807, 2.05) is 6.92 Å². The third-order valence-corrected chi connectivity index (χ3v) is 4.88. The van der Waals surface area contributed by atoms with Crippen molar-refractivity contribution in [3.8, 4) is 0 Å². The lowest BCUT2D eigenvalue weighted by Crippen LogP contribution is -2.54. The van der Waals surface area contributed by atoms with Gasteiger partial charge in [0, 0.05) is 6.54 Å². The highest BCUT2D eigenvalue weighted by atomic mass is 16.6. The molecule has 1 aliphatic rings. The molecule has 1 rings (SSSR count). The molecule has 31 heavy (non-hydrogen) atoms. The number of nitrogens with one attached hydrogen (secondary N) is 3. The molecule has 11 heteroatoms. The van der Waals surface area contributed by atoms with Gasteiger partial charge in [-0.15, -0.1) is 0 Å². The fourth-order valence-corrected chi connectivity index (χ4v) is 3.08. The molecular formula is C20H34N4O7. The fourth-order valence-electron chi connectivity index (χ4n) is 3.08. The molecule has 1 heterocycles. The molecule has 11 nitrogen and oxygen atoms in total. The van der Waals surface area contributed by atoms with Gasteiger partial charge in [0.05, 0.1) is 6.54 Å². The van der Waals surface area contributed by atoms with Crippen LogP contribution in [0, 0.1) is 5.92 Å². The predicted molar refractivity (Wildman–Crippen MR) is 111 cm³/mol. The van der Waals surface area contributed by atoms with E-state index in [0.717, 1.165) is 0 Å². The molecule has 0 bridgehead atoms. The van der Waals surface area contributed by atoms with Gasteiger partial charge in [-0.1, -0.05) is 20.3 Å². The summed E-state index contributed by atoms with van der Waals surface area (Å²) in [5, 5.41) is 16.6. The smallest absolute Gasteiger partial charge is 0.408 e. The van der Waals surface area contributed by atoms with Crippen molar-refractivity contribution in [3.63, 3.8) is 0 Å². The van der Waals surface area contributed by atoms with E-state index < -0.39 is 47.5 Å². The molecule has 0 aliphatic carbocycles. The van der Waals surface area contributed by atoms with E-state index in [0.29, 0.717) is 25.8 Å². The zero-order valence-electron chi connectivity index (χ0n) is 18.8. The molecule has 1 fully saturated rings. The van der Waals surface area contributed by atoms with Crippen LogP contribution in [0.3, 0.4) is 0 Å². The van der Waals surface area contributed by atoms with Gasteiger partial charge >= 0.3 is 12.1 Å². The van der Waals surface area contributed by atoms with Crippen LogP contribution in [-0.2, 0) is 23.9 Å². The van der Waals surface area contributed by atoms with Crippen molar-refractivity contribution in [2.24, 2.45) is 5.92 Å². The Hall–Kier alpha value is -2.85. The Balaban J connectivity index is 2.55. The summed E-state index contributed by atoms with van der Waals surface area (Å²) in [4.78, 5) is 61.3. The Morgan fingerprint density at radius 3 is 2.32 bits per heavy atom. The van der Waals surface area contributed by atoms with Crippen molar-refractivity contribution < 1.29 is 33.8 Å². The van der Waals surface area contributed by atoms with Gasteiger partial charge in [0.15, 0.2) is 0 Å². The Labute approximate surface area is 182 Å². The minimum atomic E-state index is -1.12. The Morgan fingerprint density at radius 1 is 1.13 bits per heavy atom. The van der Waals surface area contributed by atoms with Crippen LogP contribution in [0.4, 0.5) is 4.79 Å². The monoisotopic (exact) mass is 442 g/mol. The van der Waals surface area contributed by atoms with Crippen LogP contribution >= 0.6 is 0 Å². The number of aliphatic carboxylic acids is 1. The molecule has 4 N–H and O–H groups in total. The number of amides is 4. The zero-order valence-corrected chi connectivity index (χ0v) is 18.8. The van der Waals surface area contributed by atoms with Crippen molar-refractivity contribution in [1.29, 1.82) is 0 Å². The minimum absolute atomic E-state index is 0.260. The molecule has 0 spiro atoms. The molecule has 0 radical (unpaired) electrons. The molecule has 176 valence electrons. The number of carbonyl (C=O) groups excluding carboxylic acids is 4. The molecule has 0 aromatic carbocycles. The number of hydrogen-bond donors (Lipinski definition) is 4. The van der Waals surface area contributed by atoms with Crippen LogP contribution in [0.2, 0.25) is 0 Å². The van der Waals surface area contributed by atoms with Gasteiger partial charge in [-0.3, -0.25) is 14.4 Å². The topological polar surface area (TPSA) is 154 Å². The molecule has 3 atom stereocenters. The van der Waals surface area contributed by atoms with E-state index in [1.54, 1.807) is 27.7 Å². The average Bonchev–Trinajstić information content (AvgIpc) is 3.16. The summed E-state index contributed by atoms with van der Waals surface area (Å²) in [6.45, 7) is 8.27. The summed E-state index contributed by atoms with van der Waals surface area (Å²) in [6.07, 6.45) is 0.838. The van der Waals surface area contributed by atoms with Crippen LogP contribution in [0.25, 0.3) is 0 Å². The van der Waals surface area contributed by atoms with Crippen LogP contribution in [0.15, 0.2) is 0 Å². The van der Waals surface area contributed by atoms with Gasteiger partial charge in [0.2, 0.25) is 17.7 Å². The van der Waals surface area contributed by atoms with E-state index in [1.165, 1.54) is 4.90 Å². The number of carboxylic acid groups (broad SMARTS) is 1. The largest absolute Gasteiger partial charge is 0.480 e. The van der Waals surface area contributed by atoms with Crippen molar-refractivity contribution in [1.82, 2.24) is 20.9 Å². The molecule has 1 aliphatic heterocycles. The third-order valence-electron chi connectivity index (χ3n) is 4.88. The standard InChI is InChI=1S/C20H34N4O7/c1-6-12(2)16(18(28)29)23-17(27)13-8-7-9-24(13)15(26)11-21-14(25)10-22-19(30)31-20(3,4)5/h12-13,16H,6-11H2,1-5H3,(H,21,25)(H,22,30)(H,23,27)(H,28,29)/t12?,13-,16-/m0/s1. The van der Waals surface area contributed by atoms with Gasteiger partial charge < -0.3 is 30.7 Å². The maximum absolute atomic E-state index is 12.6. The maximum Gasteiger partial charge on any atom is 0.408 e. The fraction of sp³-hybridized carbons (Fsp3) is 0.750. The second-order valence-electron chi connectivity index (χ2n) is 8.59. The van der Waals surface area contributed by atoms with E-state index in [-0.39, 0.29) is 19.0 Å². The predicted octanol–water partition coefficient (Wildman–Crippen LogP) is 0.234. The molecule has 1 saturated heterocycles.